The largest absolute Gasteiger partial charge is 0.394 e. The fourth-order valence-electron chi connectivity index (χ4n) is 3.02. The number of hydrogen-bond donors (Lipinski definition) is 2. The lowest BCUT2D eigenvalue weighted by Crippen LogP contribution is -2.32. The molecule has 0 saturated heterocycles. The normalized spacial score (nSPS) is 12.0. The van der Waals surface area contributed by atoms with Crippen LogP contribution in [-0.4, -0.2) is 46.5 Å². The number of benzene rings is 2. The third-order valence-corrected chi connectivity index (χ3v) is 4.57. The van der Waals surface area contributed by atoms with Crippen molar-refractivity contribution in [1.82, 2.24) is 9.97 Å². The first-order valence-electron chi connectivity index (χ1n) is 8.99. The fourth-order valence-corrected chi connectivity index (χ4v) is 3.02. The van der Waals surface area contributed by atoms with Crippen molar-refractivity contribution in [3.05, 3.63) is 65.9 Å². The summed E-state index contributed by atoms with van der Waals surface area (Å²) in [5.41, 5.74) is 6.27. The van der Waals surface area contributed by atoms with Crippen molar-refractivity contribution in [2.24, 2.45) is 0 Å². The van der Waals surface area contributed by atoms with Crippen molar-refractivity contribution in [2.75, 3.05) is 25.1 Å². The van der Waals surface area contributed by atoms with Crippen LogP contribution < -0.4 is 4.90 Å². The molecule has 1 unspecified atom stereocenters. The van der Waals surface area contributed by atoms with Gasteiger partial charge in [0, 0.05) is 30.9 Å². The molecule has 2 aromatic carbocycles. The highest BCUT2D eigenvalue weighted by molar-refractivity contribution is 5.82. The quantitative estimate of drug-likeness (QED) is 0.704. The summed E-state index contributed by atoms with van der Waals surface area (Å²) in [6.07, 6.45) is 0.999. The average Bonchev–Trinajstić information content (AvgIpc) is 2.68. The minimum atomic E-state index is -0.836. The predicted octanol–water partition coefficient (Wildman–Crippen LogP) is 3.22. The van der Waals surface area contributed by atoms with Gasteiger partial charge < -0.3 is 15.1 Å². The third-order valence-electron chi connectivity index (χ3n) is 4.57. The van der Waals surface area contributed by atoms with Crippen molar-refractivity contribution >= 4 is 5.95 Å². The van der Waals surface area contributed by atoms with E-state index in [1.54, 1.807) is 11.9 Å². The van der Waals surface area contributed by atoms with Crippen LogP contribution in [0.1, 0.15) is 11.1 Å². The molecule has 1 heterocycles. The number of aliphatic hydroxyl groups is 2. The van der Waals surface area contributed by atoms with Crippen LogP contribution in [0.15, 0.2) is 54.7 Å². The minimum absolute atomic E-state index is 0.257. The second-order valence-corrected chi connectivity index (χ2v) is 6.83. The van der Waals surface area contributed by atoms with Gasteiger partial charge in [-0.3, -0.25) is 0 Å². The average molecular weight is 363 g/mol. The van der Waals surface area contributed by atoms with Gasteiger partial charge in [0.05, 0.1) is 18.4 Å². The molecule has 3 rings (SSSR count). The van der Waals surface area contributed by atoms with Gasteiger partial charge in [-0.25, -0.2) is 9.97 Å². The maximum absolute atomic E-state index is 9.73. The Labute approximate surface area is 160 Å². The van der Waals surface area contributed by atoms with E-state index in [1.807, 2.05) is 18.3 Å². The van der Waals surface area contributed by atoms with Crippen LogP contribution >= 0.6 is 0 Å². The molecule has 0 aliphatic heterocycles. The molecule has 0 saturated carbocycles. The highest BCUT2D eigenvalue weighted by Gasteiger charge is 2.16. The molecule has 0 amide bonds. The molecule has 0 fully saturated rings. The summed E-state index contributed by atoms with van der Waals surface area (Å²) in [4.78, 5) is 11.1. The molecule has 1 aromatic heterocycles. The number of aryl methyl sites for hydroxylation is 2. The van der Waals surface area contributed by atoms with Gasteiger partial charge in [0.1, 0.15) is 0 Å². The maximum Gasteiger partial charge on any atom is 0.225 e. The fraction of sp³-hybridized carbons (Fsp3) is 0.273. The maximum atomic E-state index is 9.73. The SMILES string of the molecule is Cc1ccc(-c2nc(N(C)CC(O)CO)ncc2-c2ccccc2C)cc1. The summed E-state index contributed by atoms with van der Waals surface area (Å²) < 4.78 is 0. The van der Waals surface area contributed by atoms with Crippen LogP contribution in [0.25, 0.3) is 22.4 Å². The number of rotatable bonds is 6. The summed E-state index contributed by atoms with van der Waals surface area (Å²) in [5.74, 6) is 0.510. The summed E-state index contributed by atoms with van der Waals surface area (Å²) in [6, 6.07) is 16.4. The minimum Gasteiger partial charge on any atom is -0.394 e. The molecule has 140 valence electrons. The van der Waals surface area contributed by atoms with Crippen LogP contribution in [0.2, 0.25) is 0 Å². The molecule has 0 spiro atoms. The lowest BCUT2D eigenvalue weighted by Gasteiger charge is -2.21. The van der Waals surface area contributed by atoms with Gasteiger partial charge in [0.15, 0.2) is 0 Å². The molecule has 0 aliphatic rings. The zero-order valence-electron chi connectivity index (χ0n) is 15.9. The highest BCUT2D eigenvalue weighted by Crippen LogP contribution is 2.33. The first kappa shape index (κ1) is 19.0. The van der Waals surface area contributed by atoms with E-state index in [2.05, 4.69) is 55.2 Å². The van der Waals surface area contributed by atoms with E-state index in [1.165, 1.54) is 5.56 Å². The van der Waals surface area contributed by atoms with E-state index < -0.39 is 6.10 Å². The molecule has 5 nitrogen and oxygen atoms in total. The molecule has 5 heteroatoms. The zero-order chi connectivity index (χ0) is 19.4. The van der Waals surface area contributed by atoms with Crippen LogP contribution in [0.4, 0.5) is 5.95 Å². The highest BCUT2D eigenvalue weighted by atomic mass is 16.3. The van der Waals surface area contributed by atoms with E-state index in [9.17, 15) is 5.11 Å². The van der Waals surface area contributed by atoms with Crippen LogP contribution in [0.3, 0.4) is 0 Å². The number of aliphatic hydroxyl groups excluding tert-OH is 2. The molecule has 27 heavy (non-hydrogen) atoms. The van der Waals surface area contributed by atoms with Gasteiger partial charge in [-0.15, -0.1) is 0 Å². The molecular formula is C22H25N3O2. The molecular weight excluding hydrogens is 338 g/mol. The predicted molar refractivity (Wildman–Crippen MR) is 109 cm³/mol. The van der Waals surface area contributed by atoms with Gasteiger partial charge in [0.25, 0.3) is 0 Å². The van der Waals surface area contributed by atoms with E-state index >= 15 is 0 Å². The second-order valence-electron chi connectivity index (χ2n) is 6.83. The van der Waals surface area contributed by atoms with Crippen molar-refractivity contribution in [1.29, 1.82) is 0 Å². The summed E-state index contributed by atoms with van der Waals surface area (Å²) in [6.45, 7) is 4.09. The van der Waals surface area contributed by atoms with Gasteiger partial charge in [0.2, 0.25) is 5.95 Å². The summed E-state index contributed by atoms with van der Waals surface area (Å²) >= 11 is 0. The number of likely N-dealkylation sites (N-methyl/N-ethyl adjacent to an activating group) is 1. The van der Waals surface area contributed by atoms with E-state index in [0.29, 0.717) is 5.95 Å². The topological polar surface area (TPSA) is 69.5 Å². The molecule has 0 bridgehead atoms. The number of hydrogen-bond acceptors (Lipinski definition) is 5. The molecule has 1 atom stereocenters. The Balaban J connectivity index is 2.11. The van der Waals surface area contributed by atoms with Crippen molar-refractivity contribution in [3.8, 4) is 22.4 Å². The standard InChI is InChI=1S/C22H25N3O2/c1-15-8-10-17(11-9-15)21-20(19-7-5-4-6-16(19)2)12-23-22(24-21)25(3)13-18(27)14-26/h4-12,18,26-27H,13-14H2,1-3H3. The summed E-state index contributed by atoms with van der Waals surface area (Å²) in [7, 11) is 1.81. The molecule has 0 radical (unpaired) electrons. The number of aromatic nitrogens is 2. The molecule has 0 aliphatic carbocycles. The van der Waals surface area contributed by atoms with Gasteiger partial charge in [-0.1, -0.05) is 54.1 Å². The Morgan fingerprint density at radius 2 is 1.70 bits per heavy atom. The van der Waals surface area contributed by atoms with Crippen molar-refractivity contribution < 1.29 is 10.2 Å². The Morgan fingerprint density at radius 3 is 2.37 bits per heavy atom. The van der Waals surface area contributed by atoms with Crippen LogP contribution in [0.5, 0.6) is 0 Å². The van der Waals surface area contributed by atoms with Crippen molar-refractivity contribution in [2.45, 2.75) is 20.0 Å². The second kappa shape index (κ2) is 8.29. The number of anilines is 1. The van der Waals surface area contributed by atoms with Crippen molar-refractivity contribution in [3.63, 3.8) is 0 Å². The summed E-state index contributed by atoms with van der Waals surface area (Å²) in [5, 5.41) is 18.8. The van der Waals surface area contributed by atoms with Gasteiger partial charge in [-0.2, -0.15) is 0 Å². The van der Waals surface area contributed by atoms with Gasteiger partial charge in [-0.05, 0) is 25.0 Å². The monoisotopic (exact) mass is 363 g/mol. The van der Waals surface area contributed by atoms with E-state index in [0.717, 1.165) is 27.9 Å². The Bertz CT molecular complexity index is 910. The Kier molecular flexibility index (Phi) is 5.84. The lowest BCUT2D eigenvalue weighted by molar-refractivity contribution is 0.101. The van der Waals surface area contributed by atoms with E-state index in [-0.39, 0.29) is 13.2 Å². The zero-order valence-corrected chi connectivity index (χ0v) is 15.9. The molecule has 3 aromatic rings. The van der Waals surface area contributed by atoms with Crippen LogP contribution in [-0.2, 0) is 0 Å². The Morgan fingerprint density at radius 1 is 1.00 bits per heavy atom. The Hall–Kier alpha value is -2.76. The lowest BCUT2D eigenvalue weighted by atomic mass is 9.97. The van der Waals surface area contributed by atoms with E-state index in [4.69, 9.17) is 10.1 Å². The third kappa shape index (κ3) is 4.32. The number of nitrogens with zero attached hydrogens (tertiary/aromatic N) is 3. The smallest absolute Gasteiger partial charge is 0.225 e. The van der Waals surface area contributed by atoms with Gasteiger partial charge >= 0.3 is 0 Å². The first-order valence-corrected chi connectivity index (χ1v) is 8.99. The first-order chi connectivity index (χ1) is 13.0. The molecule has 2 N–H and O–H groups in total. The van der Waals surface area contributed by atoms with Crippen LogP contribution in [0, 0.1) is 13.8 Å².